The molecule has 0 radical (unpaired) electrons. The Hall–Kier alpha value is -2.34. The molecule has 0 aromatic heterocycles. The number of rotatable bonds is 6. The summed E-state index contributed by atoms with van der Waals surface area (Å²) in [5, 5.41) is 6.25. The number of nitrogens with zero attached hydrogens (tertiary/aromatic N) is 3. The Morgan fingerprint density at radius 2 is 1.72 bits per heavy atom. The molecule has 1 amide bonds. The van der Waals surface area contributed by atoms with Gasteiger partial charge in [-0.05, 0) is 53.3 Å². The summed E-state index contributed by atoms with van der Waals surface area (Å²) >= 11 is 1.70. The number of carbonyl (C=O) groups is 1. The minimum atomic E-state index is -0.0882. The molecule has 1 aliphatic heterocycles. The zero-order chi connectivity index (χ0) is 20.2. The average Bonchev–Trinajstić information content (AvgIpc) is 3.21. The first-order chi connectivity index (χ1) is 14.1. The van der Waals surface area contributed by atoms with E-state index in [4.69, 9.17) is 0 Å². The molecule has 1 atom stereocenters. The predicted octanol–water partition coefficient (Wildman–Crippen LogP) is 4.82. The third kappa shape index (κ3) is 4.64. The van der Waals surface area contributed by atoms with Gasteiger partial charge in [-0.15, -0.1) is 0 Å². The largest absolute Gasteiger partial charge is 0.277 e. The maximum Gasteiger partial charge on any atom is 0.254 e. The molecule has 1 saturated heterocycles. The molecule has 3 aromatic carbocycles. The van der Waals surface area contributed by atoms with Gasteiger partial charge in [0, 0.05) is 32.1 Å². The number of hydrogen-bond donors (Lipinski definition) is 0. The first-order valence-electron chi connectivity index (χ1n) is 10.1. The van der Waals surface area contributed by atoms with Crippen molar-refractivity contribution in [3.8, 4) is 0 Å². The Kier molecular flexibility index (Phi) is 6.19. The summed E-state index contributed by atoms with van der Waals surface area (Å²) in [6, 6.07) is 25.1. The highest BCUT2D eigenvalue weighted by Crippen LogP contribution is 2.33. The van der Waals surface area contributed by atoms with Crippen molar-refractivity contribution in [3.63, 3.8) is 0 Å². The van der Waals surface area contributed by atoms with Crippen molar-refractivity contribution in [2.75, 3.05) is 20.6 Å². The molecule has 0 N–H and O–H groups in total. The van der Waals surface area contributed by atoms with Crippen LogP contribution in [0.5, 0.6) is 0 Å². The molecule has 4 nitrogen and oxygen atoms in total. The van der Waals surface area contributed by atoms with Crippen molar-refractivity contribution in [3.05, 3.63) is 78.4 Å². The maximum atomic E-state index is 13.2. The lowest BCUT2D eigenvalue weighted by atomic mass is 10.1. The van der Waals surface area contributed by atoms with E-state index in [9.17, 15) is 4.79 Å². The molecule has 0 spiro atoms. The van der Waals surface area contributed by atoms with E-state index in [0.29, 0.717) is 6.54 Å². The van der Waals surface area contributed by atoms with Crippen molar-refractivity contribution < 1.29 is 4.79 Å². The van der Waals surface area contributed by atoms with Crippen molar-refractivity contribution in [1.29, 1.82) is 0 Å². The number of fused-ring (bicyclic) bond motifs is 1. The summed E-state index contributed by atoms with van der Waals surface area (Å²) < 4.78 is 2.25. The first-order valence-corrected chi connectivity index (χ1v) is 10.8. The second kappa shape index (κ2) is 8.99. The van der Waals surface area contributed by atoms with Crippen LogP contribution in [-0.2, 0) is 11.3 Å². The van der Waals surface area contributed by atoms with E-state index in [1.807, 2.05) is 37.3 Å². The monoisotopic (exact) mass is 405 g/mol. The van der Waals surface area contributed by atoms with Crippen molar-refractivity contribution in [2.24, 2.45) is 0 Å². The minimum absolute atomic E-state index is 0.0882. The second-order valence-electron chi connectivity index (χ2n) is 7.56. The molecule has 0 bridgehead atoms. The fourth-order valence-corrected chi connectivity index (χ4v) is 4.92. The third-order valence-electron chi connectivity index (χ3n) is 5.52. The highest BCUT2D eigenvalue weighted by Gasteiger charge is 2.34. The van der Waals surface area contributed by atoms with Crippen LogP contribution in [0.25, 0.3) is 10.8 Å². The average molecular weight is 406 g/mol. The smallest absolute Gasteiger partial charge is 0.254 e. The fraction of sp³-hybridized carbons (Fsp3) is 0.292. The topological polar surface area (TPSA) is 26.8 Å². The fourth-order valence-electron chi connectivity index (χ4n) is 3.79. The molecule has 150 valence electrons. The summed E-state index contributed by atoms with van der Waals surface area (Å²) in [6.07, 6.45) is 1.95. The van der Waals surface area contributed by atoms with Gasteiger partial charge in [0.15, 0.2) is 0 Å². The van der Waals surface area contributed by atoms with Crippen LogP contribution in [-0.4, -0.2) is 46.9 Å². The van der Waals surface area contributed by atoms with E-state index in [0.717, 1.165) is 19.4 Å². The molecule has 3 aromatic rings. The highest BCUT2D eigenvalue weighted by atomic mass is 32.2. The molecule has 29 heavy (non-hydrogen) atoms. The number of carbonyl (C=O) groups excluding carboxylic acids is 1. The van der Waals surface area contributed by atoms with E-state index < -0.39 is 0 Å². The van der Waals surface area contributed by atoms with Crippen LogP contribution in [0.1, 0.15) is 18.4 Å². The maximum absolute atomic E-state index is 13.2. The standard InChI is InChI=1S/C24H27N3OS/c1-25(18-19-9-4-3-5-10-19)26(2)24(28)23-13-8-16-27(23)29-22-15-14-20-11-6-7-12-21(20)17-22/h3-7,9-12,14-15,17,23H,8,13,16,18H2,1-2H3. The van der Waals surface area contributed by atoms with Crippen LogP contribution < -0.4 is 0 Å². The van der Waals surface area contributed by atoms with Crippen LogP contribution in [0.2, 0.25) is 0 Å². The van der Waals surface area contributed by atoms with Gasteiger partial charge in [-0.25, -0.2) is 9.31 Å². The molecule has 4 rings (SSSR count). The predicted molar refractivity (Wildman–Crippen MR) is 120 cm³/mol. The van der Waals surface area contributed by atoms with Gasteiger partial charge in [-0.1, -0.05) is 60.7 Å². The zero-order valence-electron chi connectivity index (χ0n) is 17.0. The molecule has 1 heterocycles. The molecule has 1 fully saturated rings. The van der Waals surface area contributed by atoms with Gasteiger partial charge in [0.2, 0.25) is 0 Å². The van der Waals surface area contributed by atoms with Crippen molar-refractivity contribution in [2.45, 2.75) is 30.3 Å². The van der Waals surface area contributed by atoms with E-state index in [1.54, 1.807) is 17.0 Å². The van der Waals surface area contributed by atoms with E-state index in [2.05, 4.69) is 58.9 Å². The molecule has 0 aliphatic carbocycles. The molecule has 1 unspecified atom stereocenters. The van der Waals surface area contributed by atoms with Gasteiger partial charge in [0.25, 0.3) is 5.91 Å². The van der Waals surface area contributed by atoms with Crippen molar-refractivity contribution in [1.82, 2.24) is 14.3 Å². The Morgan fingerprint density at radius 3 is 2.52 bits per heavy atom. The lowest BCUT2D eigenvalue weighted by Gasteiger charge is -2.33. The number of likely N-dealkylation sites (N-methyl/N-ethyl adjacent to an activating group) is 1. The lowest BCUT2D eigenvalue weighted by molar-refractivity contribution is -0.147. The van der Waals surface area contributed by atoms with Crippen LogP contribution in [0.4, 0.5) is 0 Å². The second-order valence-corrected chi connectivity index (χ2v) is 8.69. The minimum Gasteiger partial charge on any atom is -0.277 e. The molecule has 1 aliphatic rings. The van der Waals surface area contributed by atoms with Gasteiger partial charge >= 0.3 is 0 Å². The third-order valence-corrected chi connectivity index (χ3v) is 6.65. The number of amides is 1. The van der Waals surface area contributed by atoms with Gasteiger partial charge in [0.1, 0.15) is 6.04 Å². The van der Waals surface area contributed by atoms with Gasteiger partial charge in [-0.3, -0.25) is 9.80 Å². The normalized spacial score (nSPS) is 17.1. The Balaban J connectivity index is 1.43. The molecule has 0 saturated carbocycles. The summed E-state index contributed by atoms with van der Waals surface area (Å²) in [4.78, 5) is 14.4. The summed E-state index contributed by atoms with van der Waals surface area (Å²) in [7, 11) is 3.85. The van der Waals surface area contributed by atoms with Gasteiger partial charge in [-0.2, -0.15) is 0 Å². The Bertz CT molecular complexity index is 978. The van der Waals surface area contributed by atoms with Crippen LogP contribution in [0, 0.1) is 0 Å². The highest BCUT2D eigenvalue weighted by molar-refractivity contribution is 7.97. The van der Waals surface area contributed by atoms with E-state index in [1.165, 1.54) is 21.2 Å². The Morgan fingerprint density at radius 1 is 1.00 bits per heavy atom. The lowest BCUT2D eigenvalue weighted by Crippen LogP contribution is -2.48. The van der Waals surface area contributed by atoms with Gasteiger partial charge in [0.05, 0.1) is 0 Å². The van der Waals surface area contributed by atoms with Crippen LogP contribution in [0.3, 0.4) is 0 Å². The van der Waals surface area contributed by atoms with E-state index in [-0.39, 0.29) is 11.9 Å². The molecular formula is C24H27N3OS. The van der Waals surface area contributed by atoms with Crippen molar-refractivity contribution >= 4 is 28.6 Å². The number of benzene rings is 3. The summed E-state index contributed by atoms with van der Waals surface area (Å²) in [6.45, 7) is 1.65. The SMILES string of the molecule is CN(Cc1ccccc1)N(C)C(=O)C1CCCN1Sc1ccc2ccccc2c1. The van der Waals surface area contributed by atoms with Gasteiger partial charge < -0.3 is 0 Å². The zero-order valence-corrected chi connectivity index (χ0v) is 17.8. The number of hydrazine groups is 1. The van der Waals surface area contributed by atoms with Crippen LogP contribution >= 0.6 is 11.9 Å². The first kappa shape index (κ1) is 20.0. The summed E-state index contributed by atoms with van der Waals surface area (Å²) in [5.74, 6) is 0.161. The Labute approximate surface area is 177 Å². The summed E-state index contributed by atoms with van der Waals surface area (Å²) in [5.41, 5.74) is 1.20. The molecule has 5 heteroatoms. The van der Waals surface area contributed by atoms with E-state index >= 15 is 0 Å². The molecular weight excluding hydrogens is 378 g/mol. The number of hydrogen-bond acceptors (Lipinski definition) is 4. The van der Waals surface area contributed by atoms with Crippen LogP contribution in [0.15, 0.2) is 77.7 Å². The quantitative estimate of drug-likeness (QED) is 0.434.